The summed E-state index contributed by atoms with van der Waals surface area (Å²) < 4.78 is 0. The summed E-state index contributed by atoms with van der Waals surface area (Å²) in [6, 6.07) is 19.4. The van der Waals surface area contributed by atoms with Crippen LogP contribution >= 0.6 is 11.3 Å². The lowest BCUT2D eigenvalue weighted by atomic mass is 10.0. The fraction of sp³-hybridized carbons (Fsp3) is 0. The lowest BCUT2D eigenvalue weighted by molar-refractivity contribution is 0.104. The average Bonchev–Trinajstić information content (AvgIpc) is 3.06. The van der Waals surface area contributed by atoms with Gasteiger partial charge in [0, 0.05) is 0 Å². The Kier molecular flexibility index (Phi) is 3.63. The van der Waals surface area contributed by atoms with Gasteiger partial charge in [0.25, 0.3) is 0 Å². The van der Waals surface area contributed by atoms with Crippen LogP contribution in [0.1, 0.15) is 15.2 Å². The van der Waals surface area contributed by atoms with Crippen LogP contribution in [0.3, 0.4) is 0 Å². The van der Waals surface area contributed by atoms with E-state index in [-0.39, 0.29) is 11.4 Å². The van der Waals surface area contributed by atoms with Gasteiger partial charge in [0.1, 0.15) is 11.6 Å². The Morgan fingerprint density at radius 1 is 1.05 bits per heavy atom. The van der Waals surface area contributed by atoms with Crippen molar-refractivity contribution in [2.24, 2.45) is 0 Å². The Balaban J connectivity index is 2.01. The highest BCUT2D eigenvalue weighted by molar-refractivity contribution is 7.12. The fourth-order valence-corrected chi connectivity index (χ4v) is 2.83. The average molecular weight is 289 g/mol. The second kappa shape index (κ2) is 5.74. The van der Waals surface area contributed by atoms with Crippen molar-refractivity contribution in [1.82, 2.24) is 0 Å². The van der Waals surface area contributed by atoms with Crippen LogP contribution in [0, 0.1) is 11.3 Å². The molecule has 0 spiro atoms. The molecule has 0 fully saturated rings. The van der Waals surface area contributed by atoms with Gasteiger partial charge in [-0.2, -0.15) is 5.26 Å². The van der Waals surface area contributed by atoms with E-state index in [1.54, 1.807) is 12.1 Å². The highest BCUT2D eigenvalue weighted by atomic mass is 32.1. The van der Waals surface area contributed by atoms with Gasteiger partial charge in [0.15, 0.2) is 0 Å². The van der Waals surface area contributed by atoms with Crippen molar-refractivity contribution in [3.05, 3.63) is 76.0 Å². The molecule has 0 bridgehead atoms. The molecule has 21 heavy (non-hydrogen) atoms. The molecule has 1 aromatic heterocycles. The molecule has 0 atom stereocenters. The maximum absolute atomic E-state index is 12.2. The minimum Gasteiger partial charge on any atom is -0.287 e. The number of allylic oxidation sites excluding steroid dienone is 1. The van der Waals surface area contributed by atoms with Crippen molar-refractivity contribution in [3.8, 4) is 6.07 Å². The first-order chi connectivity index (χ1) is 10.3. The molecule has 0 aliphatic rings. The number of thiophene rings is 1. The van der Waals surface area contributed by atoms with Crippen molar-refractivity contribution in [1.29, 1.82) is 5.26 Å². The molecule has 0 amide bonds. The predicted molar refractivity (Wildman–Crippen MR) is 86.2 cm³/mol. The largest absolute Gasteiger partial charge is 0.287 e. The molecule has 0 aliphatic carbocycles. The number of carbonyl (C=O) groups is 1. The van der Waals surface area contributed by atoms with E-state index in [0.717, 1.165) is 16.3 Å². The molecule has 0 N–H and O–H groups in total. The third-order valence-electron chi connectivity index (χ3n) is 3.19. The Morgan fingerprint density at radius 3 is 2.57 bits per heavy atom. The molecule has 0 aliphatic heterocycles. The van der Waals surface area contributed by atoms with Crippen molar-refractivity contribution in [2.45, 2.75) is 0 Å². The quantitative estimate of drug-likeness (QED) is 0.398. The molecule has 2 nitrogen and oxygen atoms in total. The number of ketones is 1. The summed E-state index contributed by atoms with van der Waals surface area (Å²) in [5.41, 5.74) is 1.02. The van der Waals surface area contributed by atoms with Gasteiger partial charge >= 0.3 is 0 Å². The van der Waals surface area contributed by atoms with Crippen LogP contribution in [0.25, 0.3) is 16.8 Å². The molecule has 3 aromatic rings. The van der Waals surface area contributed by atoms with Crippen LogP contribution < -0.4 is 0 Å². The van der Waals surface area contributed by atoms with Crippen LogP contribution in [-0.2, 0) is 0 Å². The molecule has 3 heteroatoms. The third-order valence-corrected chi connectivity index (χ3v) is 4.06. The highest BCUT2D eigenvalue weighted by Gasteiger charge is 2.12. The Labute approximate surface area is 126 Å². The third kappa shape index (κ3) is 2.76. The zero-order valence-electron chi connectivity index (χ0n) is 11.1. The zero-order valence-corrected chi connectivity index (χ0v) is 11.9. The van der Waals surface area contributed by atoms with E-state index in [9.17, 15) is 10.1 Å². The second-order valence-corrected chi connectivity index (χ2v) is 5.53. The Morgan fingerprint density at radius 2 is 1.86 bits per heavy atom. The van der Waals surface area contributed by atoms with Crippen molar-refractivity contribution < 1.29 is 4.79 Å². The summed E-state index contributed by atoms with van der Waals surface area (Å²) in [6.07, 6.45) is 1.65. The lowest BCUT2D eigenvalue weighted by Crippen LogP contribution is -1.98. The molecule has 2 aromatic carbocycles. The lowest BCUT2D eigenvalue weighted by Gasteiger charge is -2.00. The van der Waals surface area contributed by atoms with Gasteiger partial charge < -0.3 is 0 Å². The van der Waals surface area contributed by atoms with E-state index in [1.165, 1.54) is 11.3 Å². The van der Waals surface area contributed by atoms with Gasteiger partial charge in [-0.1, -0.05) is 42.5 Å². The minimum absolute atomic E-state index is 0.160. The smallest absolute Gasteiger partial charge is 0.213 e. The van der Waals surface area contributed by atoms with Crippen molar-refractivity contribution >= 4 is 34.0 Å². The van der Waals surface area contributed by atoms with Gasteiger partial charge in [0.05, 0.1) is 4.88 Å². The summed E-state index contributed by atoms with van der Waals surface area (Å²) in [5, 5.41) is 13.3. The maximum atomic E-state index is 12.2. The summed E-state index contributed by atoms with van der Waals surface area (Å²) in [5.74, 6) is -0.222. The number of benzene rings is 2. The topological polar surface area (TPSA) is 40.9 Å². The first-order valence-electron chi connectivity index (χ1n) is 6.47. The van der Waals surface area contributed by atoms with Crippen LogP contribution in [0.4, 0.5) is 0 Å². The number of Topliss-reactive ketones (excluding diaryl/α,β-unsaturated/α-hetero) is 1. The fourth-order valence-electron chi connectivity index (χ4n) is 2.15. The Bertz CT molecular complexity index is 870. The molecular weight excluding hydrogens is 278 g/mol. The molecular formula is C18H11NOS. The van der Waals surface area contributed by atoms with E-state index in [1.807, 2.05) is 60.0 Å². The second-order valence-electron chi connectivity index (χ2n) is 4.58. The number of nitriles is 1. The monoisotopic (exact) mass is 289 g/mol. The van der Waals surface area contributed by atoms with E-state index in [2.05, 4.69) is 0 Å². The van der Waals surface area contributed by atoms with E-state index < -0.39 is 0 Å². The standard InChI is InChI=1S/C18H11NOS/c19-12-16(18(20)17-6-3-9-21-17)11-13-7-8-14-4-1-2-5-15(14)10-13/h1-11H/b16-11+. The predicted octanol–water partition coefficient (Wildman–Crippen LogP) is 4.69. The van der Waals surface area contributed by atoms with Crippen LogP contribution in [0.2, 0.25) is 0 Å². The first kappa shape index (κ1) is 13.3. The number of rotatable bonds is 3. The molecule has 0 radical (unpaired) electrons. The normalized spacial score (nSPS) is 11.3. The Hall–Kier alpha value is -2.70. The first-order valence-corrected chi connectivity index (χ1v) is 7.35. The molecule has 0 saturated heterocycles. The molecule has 0 saturated carbocycles. The molecule has 1 heterocycles. The number of fused-ring (bicyclic) bond motifs is 1. The SMILES string of the molecule is N#C/C(=C\c1ccc2ccccc2c1)C(=O)c1cccs1. The highest BCUT2D eigenvalue weighted by Crippen LogP contribution is 2.20. The summed E-state index contributed by atoms with van der Waals surface area (Å²) >= 11 is 1.35. The number of carbonyl (C=O) groups excluding carboxylic acids is 1. The van der Waals surface area contributed by atoms with Crippen LogP contribution in [-0.4, -0.2) is 5.78 Å². The number of nitrogens with zero attached hydrogens (tertiary/aromatic N) is 1. The van der Waals surface area contributed by atoms with Crippen molar-refractivity contribution in [2.75, 3.05) is 0 Å². The van der Waals surface area contributed by atoms with Gasteiger partial charge in [-0.05, 0) is 39.9 Å². The number of hydrogen-bond donors (Lipinski definition) is 0. The minimum atomic E-state index is -0.222. The van der Waals surface area contributed by atoms with Gasteiger partial charge in [-0.25, -0.2) is 0 Å². The molecule has 3 rings (SSSR count). The number of hydrogen-bond acceptors (Lipinski definition) is 3. The van der Waals surface area contributed by atoms with Gasteiger partial charge in [-0.15, -0.1) is 11.3 Å². The van der Waals surface area contributed by atoms with Crippen molar-refractivity contribution in [3.63, 3.8) is 0 Å². The van der Waals surface area contributed by atoms with Crippen LogP contribution in [0.15, 0.2) is 65.6 Å². The van der Waals surface area contributed by atoms with Gasteiger partial charge in [0.2, 0.25) is 5.78 Å². The van der Waals surface area contributed by atoms with Gasteiger partial charge in [-0.3, -0.25) is 4.79 Å². The maximum Gasteiger partial charge on any atom is 0.213 e. The molecule has 100 valence electrons. The van der Waals surface area contributed by atoms with Crippen LogP contribution in [0.5, 0.6) is 0 Å². The zero-order chi connectivity index (χ0) is 14.7. The van der Waals surface area contributed by atoms with E-state index >= 15 is 0 Å². The van der Waals surface area contributed by atoms with E-state index in [4.69, 9.17) is 0 Å². The van der Waals surface area contributed by atoms with E-state index in [0.29, 0.717) is 4.88 Å². The summed E-state index contributed by atoms with van der Waals surface area (Å²) in [4.78, 5) is 12.8. The summed E-state index contributed by atoms with van der Waals surface area (Å²) in [6.45, 7) is 0. The molecule has 0 unspecified atom stereocenters. The summed E-state index contributed by atoms with van der Waals surface area (Å²) in [7, 11) is 0.